The van der Waals surface area contributed by atoms with Crippen LogP contribution in [0, 0.1) is 29.6 Å². The molecule has 0 aromatic carbocycles. The second-order valence-electron chi connectivity index (χ2n) is 9.13. The fourth-order valence-electron chi connectivity index (χ4n) is 6.67. The van der Waals surface area contributed by atoms with E-state index in [4.69, 9.17) is 4.74 Å². The van der Waals surface area contributed by atoms with Crippen LogP contribution in [0.4, 0.5) is 0 Å². The molecule has 4 heterocycles. The number of esters is 1. The number of pyridine rings is 1. The maximum Gasteiger partial charge on any atom is 0.307 e. The first kappa shape index (κ1) is 21.1. The summed E-state index contributed by atoms with van der Waals surface area (Å²) in [6.45, 7) is 2.09. The third kappa shape index (κ3) is 3.06. The maximum absolute atomic E-state index is 13.4. The summed E-state index contributed by atoms with van der Waals surface area (Å²) in [5.74, 6) is -1.09. The molecule has 2 saturated carbocycles. The average Bonchev–Trinajstić information content (AvgIpc) is 3.52. The van der Waals surface area contributed by atoms with Gasteiger partial charge in [-0.1, -0.05) is 17.4 Å². The minimum absolute atomic E-state index is 0.0173. The molecule has 2 aromatic rings. The van der Waals surface area contributed by atoms with E-state index in [1.54, 1.807) is 24.9 Å². The number of aromatic amines is 1. The molecule has 8 nitrogen and oxygen atoms in total. The maximum atomic E-state index is 13.4. The van der Waals surface area contributed by atoms with Gasteiger partial charge in [-0.25, -0.2) is 0 Å². The zero-order valence-electron chi connectivity index (χ0n) is 17.9. The summed E-state index contributed by atoms with van der Waals surface area (Å²) in [6, 6.07) is 3.94. The lowest BCUT2D eigenvalue weighted by Crippen LogP contribution is -2.42. The molecule has 0 radical (unpaired) electrons. The number of rotatable bonds is 5. The Morgan fingerprint density at radius 2 is 2.03 bits per heavy atom. The van der Waals surface area contributed by atoms with E-state index >= 15 is 0 Å². The van der Waals surface area contributed by atoms with Crippen molar-refractivity contribution < 1.29 is 19.1 Å². The van der Waals surface area contributed by atoms with Gasteiger partial charge in [-0.15, -0.1) is 11.8 Å². The predicted molar refractivity (Wildman–Crippen MR) is 121 cm³/mol. The lowest BCUT2D eigenvalue weighted by Gasteiger charge is -2.42. The van der Waals surface area contributed by atoms with Crippen molar-refractivity contribution >= 4 is 40.9 Å². The highest BCUT2D eigenvalue weighted by Crippen LogP contribution is 2.68. The Balaban J connectivity index is 1.34. The van der Waals surface area contributed by atoms with Crippen molar-refractivity contribution in [3.8, 4) is 0 Å². The van der Waals surface area contributed by atoms with E-state index in [9.17, 15) is 19.2 Å². The number of hydrogen-bond donors (Lipinski definition) is 1. The SMILES string of the molecule is CCOC(=O)CCN1C(=O)[C@@H]2[C@@H]3C[C@H]([C@H]4Sc5[nH]c(=O)sc5[C@@H](c5cccnc5)[C@H]34)[C@@H]2C1=O. The van der Waals surface area contributed by atoms with Crippen LogP contribution in [0.3, 0.4) is 0 Å². The number of nitrogens with zero attached hydrogens (tertiary/aromatic N) is 2. The molecule has 2 aliphatic carbocycles. The first-order valence-corrected chi connectivity index (χ1v) is 13.0. The standard InChI is InChI=1S/C23H23N3O5S2/c1-2-31-13(27)5-7-26-21(28)16-11-8-12(17(16)22(26)29)18-15(11)14(10-4-3-6-24-9-10)19-20(32-18)25-23(30)33-19/h3-4,6,9,11-12,14-18H,2,5,7-8H2,1H3,(H,25,30)/t11-,12+,14+,15+,16-,17+,18-/m1/s1. The number of carbonyl (C=O) groups is 3. The lowest BCUT2D eigenvalue weighted by atomic mass is 9.68. The number of H-pyrrole nitrogens is 1. The van der Waals surface area contributed by atoms with Crippen LogP contribution in [0.5, 0.6) is 0 Å². The fourth-order valence-corrected chi connectivity index (χ4v) is 9.56. The van der Waals surface area contributed by atoms with Crippen LogP contribution in [-0.4, -0.2) is 51.1 Å². The Morgan fingerprint density at radius 1 is 1.24 bits per heavy atom. The summed E-state index contributed by atoms with van der Waals surface area (Å²) in [7, 11) is 0. The third-order valence-electron chi connectivity index (χ3n) is 7.70. The predicted octanol–water partition coefficient (Wildman–Crippen LogP) is 2.26. The number of ether oxygens (including phenoxy) is 1. The first-order valence-electron chi connectivity index (χ1n) is 11.3. The number of hydrogen-bond acceptors (Lipinski definition) is 8. The Labute approximate surface area is 198 Å². The molecule has 1 N–H and O–H groups in total. The van der Waals surface area contributed by atoms with E-state index in [0.29, 0.717) is 0 Å². The van der Waals surface area contributed by atoms with E-state index in [1.165, 1.54) is 16.2 Å². The molecule has 4 aliphatic rings. The summed E-state index contributed by atoms with van der Waals surface area (Å²) in [5.41, 5.74) is 1.05. The van der Waals surface area contributed by atoms with Crippen LogP contribution in [0.25, 0.3) is 0 Å². The summed E-state index contributed by atoms with van der Waals surface area (Å²) in [6.07, 6.45) is 4.45. The van der Waals surface area contributed by atoms with Crippen molar-refractivity contribution in [1.82, 2.24) is 14.9 Å². The quantitative estimate of drug-likeness (QED) is 0.511. The van der Waals surface area contributed by atoms with Gasteiger partial charge in [0.2, 0.25) is 11.8 Å². The molecule has 172 valence electrons. The highest BCUT2D eigenvalue weighted by molar-refractivity contribution is 8.00. The van der Waals surface area contributed by atoms with Crippen LogP contribution in [-0.2, 0) is 19.1 Å². The Kier molecular flexibility index (Phi) is 4.99. The van der Waals surface area contributed by atoms with E-state index in [-0.39, 0.29) is 77.0 Å². The van der Waals surface area contributed by atoms with Crippen molar-refractivity contribution in [3.05, 3.63) is 44.6 Å². The van der Waals surface area contributed by atoms with Gasteiger partial charge in [0, 0.05) is 35.0 Å². The molecule has 10 heteroatoms. The molecule has 1 saturated heterocycles. The number of thiazole rings is 1. The Bertz CT molecular complexity index is 1190. The van der Waals surface area contributed by atoms with Gasteiger partial charge in [0.05, 0.1) is 29.9 Å². The van der Waals surface area contributed by atoms with Crippen molar-refractivity contribution in [3.63, 3.8) is 0 Å². The number of amides is 2. The van der Waals surface area contributed by atoms with Crippen molar-refractivity contribution in [2.24, 2.45) is 29.6 Å². The number of likely N-dealkylation sites (tertiary alicyclic amines) is 1. The molecule has 33 heavy (non-hydrogen) atoms. The normalized spacial score (nSPS) is 33.7. The minimum atomic E-state index is -0.396. The summed E-state index contributed by atoms with van der Waals surface area (Å²) in [5, 5.41) is 1.04. The van der Waals surface area contributed by atoms with Crippen LogP contribution in [0.2, 0.25) is 0 Å². The number of fused-ring (bicyclic) bond motifs is 9. The number of nitrogens with one attached hydrogen (secondary N) is 1. The highest BCUT2D eigenvalue weighted by Gasteiger charge is 2.69. The highest BCUT2D eigenvalue weighted by atomic mass is 32.2. The summed E-state index contributed by atoms with van der Waals surface area (Å²) < 4.78 is 4.97. The molecule has 0 spiro atoms. The molecule has 0 unspecified atom stereocenters. The molecule has 2 bridgehead atoms. The van der Waals surface area contributed by atoms with E-state index in [0.717, 1.165) is 21.9 Å². The van der Waals surface area contributed by atoms with Crippen LogP contribution >= 0.6 is 23.1 Å². The van der Waals surface area contributed by atoms with Gasteiger partial charge in [-0.2, -0.15) is 0 Å². The zero-order chi connectivity index (χ0) is 22.9. The molecular weight excluding hydrogens is 462 g/mol. The number of thioether (sulfide) groups is 1. The topological polar surface area (TPSA) is 109 Å². The molecule has 2 aromatic heterocycles. The number of aromatic nitrogens is 2. The zero-order valence-corrected chi connectivity index (χ0v) is 19.6. The summed E-state index contributed by atoms with van der Waals surface area (Å²) in [4.78, 5) is 60.3. The van der Waals surface area contributed by atoms with Gasteiger partial charge in [-0.05, 0) is 42.7 Å². The molecule has 7 atom stereocenters. The molecule has 3 fully saturated rings. The van der Waals surface area contributed by atoms with Crippen molar-refractivity contribution in [2.45, 2.75) is 36.0 Å². The van der Waals surface area contributed by atoms with Crippen LogP contribution in [0.1, 0.15) is 36.1 Å². The smallest absolute Gasteiger partial charge is 0.307 e. The average molecular weight is 486 g/mol. The first-order chi connectivity index (χ1) is 16.0. The molecular formula is C23H23N3O5S2. The van der Waals surface area contributed by atoms with E-state index in [1.807, 2.05) is 18.3 Å². The number of imide groups is 1. The minimum Gasteiger partial charge on any atom is -0.466 e. The van der Waals surface area contributed by atoms with E-state index < -0.39 is 5.97 Å². The van der Waals surface area contributed by atoms with Gasteiger partial charge < -0.3 is 9.72 Å². The van der Waals surface area contributed by atoms with Gasteiger partial charge in [0.25, 0.3) is 0 Å². The summed E-state index contributed by atoms with van der Waals surface area (Å²) >= 11 is 2.91. The van der Waals surface area contributed by atoms with Crippen LogP contribution < -0.4 is 4.87 Å². The van der Waals surface area contributed by atoms with Gasteiger partial charge in [0.1, 0.15) is 0 Å². The largest absolute Gasteiger partial charge is 0.466 e. The Morgan fingerprint density at radius 3 is 2.76 bits per heavy atom. The second-order valence-corrected chi connectivity index (χ2v) is 11.3. The number of carbonyl (C=O) groups excluding carboxylic acids is 3. The van der Waals surface area contributed by atoms with E-state index in [2.05, 4.69) is 9.97 Å². The lowest BCUT2D eigenvalue weighted by molar-refractivity contribution is -0.145. The molecule has 6 rings (SSSR count). The fraction of sp³-hybridized carbons (Fsp3) is 0.522. The third-order valence-corrected chi connectivity index (χ3v) is 10.3. The van der Waals surface area contributed by atoms with Gasteiger partial charge in [-0.3, -0.25) is 29.1 Å². The Hall–Kier alpha value is -2.46. The monoisotopic (exact) mass is 485 g/mol. The van der Waals surface area contributed by atoms with Crippen molar-refractivity contribution in [2.75, 3.05) is 13.2 Å². The second kappa shape index (κ2) is 7.80. The van der Waals surface area contributed by atoms with Crippen molar-refractivity contribution in [1.29, 1.82) is 0 Å². The van der Waals surface area contributed by atoms with Crippen LogP contribution in [0.15, 0.2) is 34.3 Å². The molecule has 2 aliphatic heterocycles. The molecule has 2 amide bonds. The van der Waals surface area contributed by atoms with Gasteiger partial charge in [0.15, 0.2) is 0 Å². The van der Waals surface area contributed by atoms with Gasteiger partial charge >= 0.3 is 10.8 Å².